The first-order chi connectivity index (χ1) is 5.09. The van der Waals surface area contributed by atoms with Crippen molar-refractivity contribution in [1.82, 2.24) is 0 Å². The van der Waals surface area contributed by atoms with Crippen LogP contribution in [0.1, 0.15) is 13.8 Å². The van der Waals surface area contributed by atoms with Gasteiger partial charge < -0.3 is 9.84 Å². The van der Waals surface area contributed by atoms with Crippen LogP contribution in [0.2, 0.25) is 0 Å². The van der Waals surface area contributed by atoms with Gasteiger partial charge in [0.05, 0.1) is 0 Å². The van der Waals surface area contributed by atoms with E-state index in [1.165, 1.54) is 0 Å². The van der Waals surface area contributed by atoms with Gasteiger partial charge in [0.25, 0.3) is 0 Å². The molecule has 4 nitrogen and oxygen atoms in total. The molecule has 0 spiro atoms. The normalized spacial score (nSPS) is 12.3. The van der Waals surface area contributed by atoms with Gasteiger partial charge in [0, 0.05) is 0 Å². The lowest BCUT2D eigenvalue weighted by molar-refractivity contribution is -0.154. The van der Waals surface area contributed by atoms with E-state index in [-0.39, 0.29) is 12.5 Å². The molecule has 1 N–H and O–H groups in total. The topological polar surface area (TPSA) is 70.3 Å². The Kier molecular flexibility index (Phi) is 4.23. The van der Waals surface area contributed by atoms with Crippen LogP contribution in [0.15, 0.2) is 0 Å². The van der Waals surface area contributed by atoms with Gasteiger partial charge in [-0.15, -0.1) is 0 Å². The highest BCUT2D eigenvalue weighted by atomic mass is 16.5. The Morgan fingerprint density at radius 1 is 1.73 bits per heavy atom. The van der Waals surface area contributed by atoms with E-state index >= 15 is 0 Å². The summed E-state index contributed by atoms with van der Waals surface area (Å²) in [5.41, 5.74) is 0. The fraction of sp³-hybridized carbons (Fsp3) is 0.714. The van der Waals surface area contributed by atoms with Crippen molar-refractivity contribution in [2.45, 2.75) is 20.0 Å². The van der Waals surface area contributed by atoms with Gasteiger partial charge in [-0.05, 0) is 5.92 Å². The molecule has 0 saturated heterocycles. The van der Waals surface area contributed by atoms with Crippen molar-refractivity contribution in [2.75, 3.05) is 6.61 Å². The third-order valence-electron chi connectivity index (χ3n) is 1.15. The molecular formula is C7H11NO3. The predicted octanol–water partition coefficient (Wildman–Crippen LogP) is 0.0701. The van der Waals surface area contributed by atoms with Gasteiger partial charge in [-0.3, -0.25) is 0 Å². The molecule has 0 fully saturated rings. The molecule has 0 aliphatic heterocycles. The van der Waals surface area contributed by atoms with Crippen molar-refractivity contribution < 1.29 is 14.6 Å². The lowest BCUT2D eigenvalue weighted by atomic mass is 10.1. The number of carbonyl (C=O) groups is 1. The summed E-state index contributed by atoms with van der Waals surface area (Å²) in [6.07, 6.45) is -1.12. The number of carbonyl (C=O) groups excluding carboxylic acids is 1. The molecule has 0 aromatic heterocycles. The van der Waals surface area contributed by atoms with E-state index in [0.717, 1.165) is 0 Å². The number of nitriles is 1. The molecule has 0 aliphatic rings. The fourth-order valence-corrected chi connectivity index (χ4v) is 0.461. The van der Waals surface area contributed by atoms with Crippen molar-refractivity contribution in [1.29, 1.82) is 5.26 Å². The van der Waals surface area contributed by atoms with Crippen molar-refractivity contribution in [3.05, 3.63) is 0 Å². The van der Waals surface area contributed by atoms with Crippen molar-refractivity contribution in [2.24, 2.45) is 5.92 Å². The highest BCUT2D eigenvalue weighted by molar-refractivity contribution is 5.74. The van der Waals surface area contributed by atoms with E-state index in [1.54, 1.807) is 19.9 Å². The molecule has 62 valence electrons. The van der Waals surface area contributed by atoms with E-state index in [4.69, 9.17) is 10.4 Å². The Labute approximate surface area is 65.4 Å². The van der Waals surface area contributed by atoms with Crippen molar-refractivity contribution >= 4 is 5.97 Å². The monoisotopic (exact) mass is 157 g/mol. The average Bonchev–Trinajstić information content (AvgIpc) is 1.98. The van der Waals surface area contributed by atoms with Gasteiger partial charge >= 0.3 is 5.97 Å². The lowest BCUT2D eigenvalue weighted by Gasteiger charge is -2.11. The van der Waals surface area contributed by atoms with E-state index in [1.807, 2.05) is 0 Å². The van der Waals surface area contributed by atoms with Crippen LogP contribution in [0.5, 0.6) is 0 Å². The number of hydrogen-bond donors (Lipinski definition) is 1. The molecule has 0 heterocycles. The van der Waals surface area contributed by atoms with Gasteiger partial charge in [0.2, 0.25) is 0 Å². The van der Waals surface area contributed by atoms with Gasteiger partial charge in [0.1, 0.15) is 6.07 Å². The third-order valence-corrected chi connectivity index (χ3v) is 1.15. The molecule has 0 rings (SSSR count). The highest BCUT2D eigenvalue weighted by Crippen LogP contribution is 2.02. The molecule has 0 aromatic carbocycles. The second-order valence-corrected chi connectivity index (χ2v) is 2.45. The molecule has 0 bridgehead atoms. The molecule has 0 aliphatic carbocycles. The summed E-state index contributed by atoms with van der Waals surface area (Å²) in [4.78, 5) is 10.7. The van der Waals surface area contributed by atoms with Crippen molar-refractivity contribution in [3.63, 3.8) is 0 Å². The zero-order chi connectivity index (χ0) is 8.85. The standard InChI is InChI=1S/C7H11NO3/c1-5(2)6(9)7(10)11-4-3-8/h5-6,9H,4H2,1-2H3/t6-/m1/s1. The molecule has 0 radical (unpaired) electrons. The summed E-state index contributed by atoms with van der Waals surface area (Å²) in [6, 6.07) is 1.64. The third kappa shape index (κ3) is 3.58. The van der Waals surface area contributed by atoms with E-state index in [2.05, 4.69) is 4.74 Å². The molecule has 0 amide bonds. The Hall–Kier alpha value is -1.08. The van der Waals surface area contributed by atoms with Crippen LogP contribution in [-0.2, 0) is 9.53 Å². The second-order valence-electron chi connectivity index (χ2n) is 2.45. The Balaban J connectivity index is 3.76. The lowest BCUT2D eigenvalue weighted by Crippen LogP contribution is -2.28. The first-order valence-corrected chi connectivity index (χ1v) is 3.31. The van der Waals surface area contributed by atoms with Crippen LogP contribution in [0, 0.1) is 17.2 Å². The number of rotatable bonds is 3. The van der Waals surface area contributed by atoms with Crippen LogP contribution in [0.25, 0.3) is 0 Å². The molecule has 0 unspecified atom stereocenters. The predicted molar refractivity (Wildman–Crippen MR) is 37.4 cm³/mol. The highest BCUT2D eigenvalue weighted by Gasteiger charge is 2.19. The van der Waals surface area contributed by atoms with Crippen molar-refractivity contribution in [3.8, 4) is 6.07 Å². The maximum absolute atomic E-state index is 10.7. The zero-order valence-corrected chi connectivity index (χ0v) is 6.57. The summed E-state index contributed by atoms with van der Waals surface area (Å²) < 4.78 is 4.36. The summed E-state index contributed by atoms with van der Waals surface area (Å²) in [7, 11) is 0. The second kappa shape index (κ2) is 4.69. The van der Waals surface area contributed by atoms with Gasteiger partial charge in [-0.25, -0.2) is 4.79 Å². The Morgan fingerprint density at radius 3 is 2.64 bits per heavy atom. The summed E-state index contributed by atoms with van der Waals surface area (Å²) in [6.45, 7) is 3.08. The number of esters is 1. The number of ether oxygens (including phenoxy) is 1. The molecule has 0 aromatic rings. The molecule has 11 heavy (non-hydrogen) atoms. The molecule has 0 saturated carbocycles. The minimum Gasteiger partial charge on any atom is -0.448 e. The fourth-order valence-electron chi connectivity index (χ4n) is 0.461. The maximum atomic E-state index is 10.7. The largest absolute Gasteiger partial charge is 0.448 e. The van der Waals surface area contributed by atoms with E-state index in [0.29, 0.717) is 0 Å². The van der Waals surface area contributed by atoms with Crippen LogP contribution < -0.4 is 0 Å². The molecule has 4 heteroatoms. The van der Waals surface area contributed by atoms with E-state index in [9.17, 15) is 4.79 Å². The van der Waals surface area contributed by atoms with Crippen LogP contribution in [0.4, 0.5) is 0 Å². The summed E-state index contributed by atoms with van der Waals surface area (Å²) >= 11 is 0. The number of aliphatic hydroxyl groups is 1. The number of nitrogens with zero attached hydrogens (tertiary/aromatic N) is 1. The first-order valence-electron chi connectivity index (χ1n) is 3.31. The van der Waals surface area contributed by atoms with Crippen LogP contribution in [-0.4, -0.2) is 23.8 Å². The van der Waals surface area contributed by atoms with Crippen LogP contribution >= 0.6 is 0 Å². The minimum atomic E-state index is -1.12. The van der Waals surface area contributed by atoms with E-state index < -0.39 is 12.1 Å². The summed E-state index contributed by atoms with van der Waals surface area (Å²) in [5.74, 6) is -0.914. The maximum Gasteiger partial charge on any atom is 0.336 e. The van der Waals surface area contributed by atoms with Gasteiger partial charge in [-0.2, -0.15) is 5.26 Å². The first kappa shape index (κ1) is 9.92. The smallest absolute Gasteiger partial charge is 0.336 e. The number of aliphatic hydroxyl groups excluding tert-OH is 1. The van der Waals surface area contributed by atoms with Gasteiger partial charge in [-0.1, -0.05) is 13.8 Å². The SMILES string of the molecule is CC(C)[C@@H](O)C(=O)OCC#N. The Morgan fingerprint density at radius 2 is 2.27 bits per heavy atom. The Bertz CT molecular complexity index is 171. The van der Waals surface area contributed by atoms with Crippen LogP contribution in [0.3, 0.4) is 0 Å². The molecule has 1 atom stereocenters. The minimum absolute atomic E-state index is 0.179. The summed E-state index contributed by atoms with van der Waals surface area (Å²) in [5, 5.41) is 17.1. The molecular weight excluding hydrogens is 146 g/mol. The average molecular weight is 157 g/mol. The number of hydrogen-bond acceptors (Lipinski definition) is 4. The quantitative estimate of drug-likeness (QED) is 0.588. The van der Waals surface area contributed by atoms with Gasteiger partial charge in [0.15, 0.2) is 12.7 Å². The zero-order valence-electron chi connectivity index (χ0n) is 6.57.